The molecule has 136 valence electrons. The normalized spacial score (nSPS) is 16.4. The summed E-state index contributed by atoms with van der Waals surface area (Å²) in [6.45, 7) is 0. The van der Waals surface area contributed by atoms with Crippen LogP contribution in [0.15, 0.2) is 83.4 Å². The van der Waals surface area contributed by atoms with Crippen LogP contribution in [0.4, 0.5) is 0 Å². The zero-order valence-electron chi connectivity index (χ0n) is 14.9. The third-order valence-electron chi connectivity index (χ3n) is 4.75. The number of carbonyl (C=O) groups is 1. The molecule has 0 spiro atoms. The zero-order valence-corrected chi connectivity index (χ0v) is 15.7. The summed E-state index contributed by atoms with van der Waals surface area (Å²) in [6.07, 6.45) is 2.37. The molecule has 28 heavy (non-hydrogen) atoms. The lowest BCUT2D eigenvalue weighted by Gasteiger charge is -2.21. The van der Waals surface area contributed by atoms with Gasteiger partial charge in [-0.15, -0.1) is 11.3 Å². The van der Waals surface area contributed by atoms with Crippen molar-refractivity contribution in [3.05, 3.63) is 94.4 Å². The van der Waals surface area contributed by atoms with Crippen molar-refractivity contribution in [3.63, 3.8) is 0 Å². The first-order chi connectivity index (χ1) is 13.8. The monoisotopic (exact) mass is 384 g/mol. The van der Waals surface area contributed by atoms with Crippen LogP contribution in [0.2, 0.25) is 0 Å². The third kappa shape index (κ3) is 2.97. The Labute approximate surface area is 166 Å². The Kier molecular flexibility index (Phi) is 4.18. The number of aromatic nitrogens is 2. The highest BCUT2D eigenvalue weighted by molar-refractivity contribution is 7.12. The number of carbonyl (C=O) groups excluding carboxylic acids is 1. The predicted molar refractivity (Wildman–Crippen MR) is 110 cm³/mol. The maximum absolute atomic E-state index is 13.2. The molecule has 0 fully saturated rings. The molecule has 1 aliphatic heterocycles. The molecule has 0 aliphatic carbocycles. The number of hydrazone groups is 1. The summed E-state index contributed by atoms with van der Waals surface area (Å²) < 4.78 is 0. The van der Waals surface area contributed by atoms with Gasteiger partial charge >= 0.3 is 0 Å². The number of amides is 1. The minimum absolute atomic E-state index is 0.132. The van der Waals surface area contributed by atoms with Gasteiger partial charge in [0.05, 0.1) is 33.5 Å². The Balaban J connectivity index is 1.57. The number of benzene rings is 2. The molecule has 0 bridgehead atoms. The average molecular weight is 384 g/mol. The molecular weight excluding hydrogens is 368 g/mol. The lowest BCUT2D eigenvalue weighted by Crippen LogP contribution is -2.27. The molecule has 0 N–H and O–H groups in total. The third-order valence-corrected chi connectivity index (χ3v) is 5.67. The Morgan fingerprint density at radius 2 is 1.75 bits per heavy atom. The summed E-state index contributed by atoms with van der Waals surface area (Å²) >= 11 is 1.62. The van der Waals surface area contributed by atoms with Gasteiger partial charge in [-0.3, -0.25) is 9.78 Å². The first kappa shape index (κ1) is 16.8. The average Bonchev–Trinajstić information content (AvgIpc) is 3.43. The molecule has 3 heterocycles. The van der Waals surface area contributed by atoms with Gasteiger partial charge in [0, 0.05) is 12.0 Å². The summed E-state index contributed by atoms with van der Waals surface area (Å²) in [6, 6.07) is 20.7. The van der Waals surface area contributed by atoms with Gasteiger partial charge in [0.25, 0.3) is 5.91 Å². The molecule has 5 rings (SSSR count). The molecule has 0 saturated carbocycles. The Hall–Kier alpha value is -3.38. The SMILES string of the molecule is O=C(c1ccccc1)N1N=C(c2cccs2)C[C@H]1c1cnc2ccccc2n1. The largest absolute Gasteiger partial charge is 0.274 e. The van der Waals surface area contributed by atoms with Crippen molar-refractivity contribution in [3.8, 4) is 0 Å². The minimum Gasteiger partial charge on any atom is -0.267 e. The van der Waals surface area contributed by atoms with Crippen molar-refractivity contribution in [2.45, 2.75) is 12.5 Å². The van der Waals surface area contributed by atoms with Gasteiger partial charge in [-0.1, -0.05) is 36.4 Å². The number of hydrogen-bond donors (Lipinski definition) is 0. The van der Waals surface area contributed by atoms with E-state index in [0.29, 0.717) is 12.0 Å². The van der Waals surface area contributed by atoms with E-state index in [1.165, 1.54) is 0 Å². The molecular formula is C22H16N4OS. The van der Waals surface area contributed by atoms with Crippen LogP contribution in [-0.4, -0.2) is 26.6 Å². The molecule has 2 aromatic carbocycles. The molecule has 0 saturated heterocycles. The Morgan fingerprint density at radius 1 is 0.964 bits per heavy atom. The maximum Gasteiger partial charge on any atom is 0.274 e. The maximum atomic E-state index is 13.2. The summed E-state index contributed by atoms with van der Waals surface area (Å²) in [5, 5.41) is 8.26. The summed E-state index contributed by atoms with van der Waals surface area (Å²) in [5.74, 6) is -0.132. The smallest absolute Gasteiger partial charge is 0.267 e. The van der Waals surface area contributed by atoms with E-state index < -0.39 is 0 Å². The minimum atomic E-state index is -0.276. The van der Waals surface area contributed by atoms with Crippen LogP contribution in [0.3, 0.4) is 0 Å². The first-order valence-corrected chi connectivity index (χ1v) is 9.89. The fourth-order valence-electron chi connectivity index (χ4n) is 3.36. The van der Waals surface area contributed by atoms with Crippen LogP contribution in [0, 0.1) is 0 Å². The van der Waals surface area contributed by atoms with Crippen LogP contribution >= 0.6 is 11.3 Å². The number of nitrogens with zero attached hydrogens (tertiary/aromatic N) is 4. The van der Waals surface area contributed by atoms with Crippen molar-refractivity contribution >= 4 is 34.0 Å². The van der Waals surface area contributed by atoms with Crippen molar-refractivity contribution in [1.82, 2.24) is 15.0 Å². The highest BCUT2D eigenvalue weighted by Crippen LogP contribution is 2.34. The van der Waals surface area contributed by atoms with E-state index in [-0.39, 0.29) is 11.9 Å². The van der Waals surface area contributed by atoms with Crippen LogP contribution in [-0.2, 0) is 0 Å². The second-order valence-corrected chi connectivity index (χ2v) is 7.49. The molecule has 0 unspecified atom stereocenters. The first-order valence-electron chi connectivity index (χ1n) is 9.01. The molecule has 1 amide bonds. The van der Waals surface area contributed by atoms with E-state index in [9.17, 15) is 4.79 Å². The fraction of sp³-hybridized carbons (Fsp3) is 0.0909. The summed E-state index contributed by atoms with van der Waals surface area (Å²) in [7, 11) is 0. The van der Waals surface area contributed by atoms with E-state index in [1.54, 1.807) is 22.5 Å². The fourth-order valence-corrected chi connectivity index (χ4v) is 4.09. The van der Waals surface area contributed by atoms with Gasteiger partial charge in [0.2, 0.25) is 0 Å². The van der Waals surface area contributed by atoms with Crippen LogP contribution in [0.1, 0.15) is 33.4 Å². The quantitative estimate of drug-likeness (QED) is 0.515. The van der Waals surface area contributed by atoms with Crippen LogP contribution in [0.25, 0.3) is 11.0 Å². The number of para-hydroxylation sites is 2. The van der Waals surface area contributed by atoms with E-state index in [4.69, 9.17) is 4.98 Å². The van der Waals surface area contributed by atoms with Crippen molar-refractivity contribution < 1.29 is 4.79 Å². The number of rotatable bonds is 3. The van der Waals surface area contributed by atoms with Crippen molar-refractivity contribution in [2.24, 2.45) is 5.10 Å². The van der Waals surface area contributed by atoms with Gasteiger partial charge in [-0.05, 0) is 35.7 Å². The number of fused-ring (bicyclic) bond motifs is 1. The zero-order chi connectivity index (χ0) is 18.9. The Bertz CT molecular complexity index is 1170. The van der Waals surface area contributed by atoms with Gasteiger partial charge < -0.3 is 0 Å². The molecule has 0 radical (unpaired) electrons. The highest BCUT2D eigenvalue weighted by atomic mass is 32.1. The van der Waals surface area contributed by atoms with Crippen molar-refractivity contribution in [2.75, 3.05) is 0 Å². The van der Waals surface area contributed by atoms with Crippen LogP contribution < -0.4 is 0 Å². The van der Waals surface area contributed by atoms with E-state index in [0.717, 1.165) is 27.3 Å². The lowest BCUT2D eigenvalue weighted by molar-refractivity contribution is 0.0708. The molecule has 6 heteroatoms. The molecule has 2 aromatic heterocycles. The Morgan fingerprint density at radius 3 is 2.54 bits per heavy atom. The van der Waals surface area contributed by atoms with Gasteiger partial charge in [-0.2, -0.15) is 5.10 Å². The summed E-state index contributed by atoms with van der Waals surface area (Å²) in [5.41, 5.74) is 3.91. The van der Waals surface area contributed by atoms with E-state index >= 15 is 0 Å². The topological polar surface area (TPSA) is 58.5 Å². The molecule has 1 atom stereocenters. The number of hydrogen-bond acceptors (Lipinski definition) is 5. The van der Waals surface area contributed by atoms with Gasteiger partial charge in [-0.25, -0.2) is 9.99 Å². The predicted octanol–water partition coefficient (Wildman–Crippen LogP) is 4.68. The van der Waals surface area contributed by atoms with E-state index in [1.807, 2.05) is 72.1 Å². The molecule has 5 nitrogen and oxygen atoms in total. The van der Waals surface area contributed by atoms with E-state index in [2.05, 4.69) is 10.1 Å². The molecule has 4 aromatic rings. The van der Waals surface area contributed by atoms with Gasteiger partial charge in [0.1, 0.15) is 6.04 Å². The lowest BCUT2D eigenvalue weighted by atomic mass is 10.1. The highest BCUT2D eigenvalue weighted by Gasteiger charge is 2.35. The number of thiophene rings is 1. The molecule has 1 aliphatic rings. The second kappa shape index (κ2) is 6.98. The second-order valence-electron chi connectivity index (χ2n) is 6.54. The van der Waals surface area contributed by atoms with Crippen LogP contribution in [0.5, 0.6) is 0 Å². The van der Waals surface area contributed by atoms with Gasteiger partial charge in [0.15, 0.2) is 0 Å². The standard InChI is InChI=1S/C22H16N4OS/c27-22(15-7-2-1-3-8-15)26-20(13-18(25-26)21-11-6-12-28-21)19-14-23-16-9-4-5-10-17(16)24-19/h1-12,14,20H,13H2/t20-/m0/s1. The van der Waals surface area contributed by atoms with Crippen molar-refractivity contribution in [1.29, 1.82) is 0 Å². The summed E-state index contributed by atoms with van der Waals surface area (Å²) in [4.78, 5) is 23.6.